The first kappa shape index (κ1) is 11.4. The van der Waals surface area contributed by atoms with Crippen molar-refractivity contribution in [3.8, 4) is 0 Å². The third-order valence-corrected chi connectivity index (χ3v) is 1.18. The molecule has 0 N–H and O–H groups in total. The number of hydrogen-bond acceptors (Lipinski definition) is 1. The average molecular weight is 107 g/mol. The van der Waals surface area contributed by atoms with Gasteiger partial charge in [-0.15, -0.1) is 0 Å². The summed E-state index contributed by atoms with van der Waals surface area (Å²) in [7, 11) is 0. The molecule has 0 amide bonds. The molecule has 0 aromatic heterocycles. The summed E-state index contributed by atoms with van der Waals surface area (Å²) in [5.74, 6) is 0. The monoisotopic (exact) mass is 107 g/mol. The minimum absolute atomic E-state index is 0. The Morgan fingerprint density at radius 3 is 1.62 bits per heavy atom. The molecule has 0 aliphatic carbocycles. The van der Waals surface area contributed by atoms with Crippen LogP contribution in [0.3, 0.4) is 0 Å². The van der Waals surface area contributed by atoms with E-state index < -0.39 is 0 Å². The van der Waals surface area contributed by atoms with Crippen LogP contribution in [0.5, 0.6) is 0 Å². The Bertz CT molecular complexity index is 30.0. The van der Waals surface area contributed by atoms with Gasteiger partial charge in [-0.3, -0.25) is 6.54 Å². The molecular formula is C6H14LiN. The van der Waals surface area contributed by atoms with Gasteiger partial charge in [0.25, 0.3) is 0 Å². The molecule has 0 unspecified atom stereocenters. The van der Waals surface area contributed by atoms with Crippen LogP contribution in [0.15, 0.2) is 0 Å². The van der Waals surface area contributed by atoms with E-state index in [2.05, 4.69) is 32.2 Å². The van der Waals surface area contributed by atoms with Gasteiger partial charge in [0.1, 0.15) is 0 Å². The first-order valence-electron chi connectivity index (χ1n) is 2.88. The molecule has 1 nitrogen and oxygen atoms in total. The second-order valence-electron chi connectivity index (χ2n) is 1.48. The summed E-state index contributed by atoms with van der Waals surface area (Å²) in [4.78, 5) is 2.25. The Kier molecular flexibility index (Phi) is 10.7. The van der Waals surface area contributed by atoms with E-state index in [0.717, 1.165) is 13.1 Å². The molecule has 0 heterocycles. The van der Waals surface area contributed by atoms with Crippen LogP contribution in [-0.2, 0) is 0 Å². The summed E-state index contributed by atoms with van der Waals surface area (Å²) in [5, 5.41) is 0. The normalized spacial score (nSPS) is 9.00. The van der Waals surface area contributed by atoms with Crippen LogP contribution < -0.4 is 18.9 Å². The molecule has 0 atom stereocenters. The number of hydrogen-bond donors (Lipinski definition) is 0. The summed E-state index contributed by atoms with van der Waals surface area (Å²) in [6.45, 7) is 10.8. The summed E-state index contributed by atoms with van der Waals surface area (Å²) in [6, 6.07) is 0. The molecule has 44 valence electrons. The van der Waals surface area contributed by atoms with Crippen LogP contribution in [0.1, 0.15) is 20.8 Å². The van der Waals surface area contributed by atoms with Gasteiger partial charge < -0.3 is 4.90 Å². The second-order valence-corrected chi connectivity index (χ2v) is 1.48. The molecule has 0 saturated heterocycles. The van der Waals surface area contributed by atoms with Crippen molar-refractivity contribution in [2.45, 2.75) is 20.8 Å². The molecule has 2 heteroatoms. The fraction of sp³-hybridized carbons (Fsp3) is 0.833. The number of nitrogens with zero attached hydrogens (tertiary/aromatic N) is 1. The molecule has 0 fully saturated rings. The zero-order valence-corrected chi connectivity index (χ0v) is 6.44. The van der Waals surface area contributed by atoms with Crippen molar-refractivity contribution in [2.24, 2.45) is 0 Å². The standard InChI is InChI=1S/C6H14N.Li/c1-4-7(5-2)6-3;/h4H,5-6H2,1-3H3;/q-1;+1. The first-order chi connectivity index (χ1) is 3.35. The van der Waals surface area contributed by atoms with E-state index in [1.807, 2.05) is 0 Å². The van der Waals surface area contributed by atoms with Gasteiger partial charge in [0, 0.05) is 0 Å². The maximum atomic E-state index is 2.25. The quantitative estimate of drug-likeness (QED) is 0.314. The van der Waals surface area contributed by atoms with Gasteiger partial charge in [-0.1, -0.05) is 13.8 Å². The van der Waals surface area contributed by atoms with Crippen molar-refractivity contribution < 1.29 is 18.9 Å². The molecule has 0 aliphatic rings. The van der Waals surface area contributed by atoms with Crippen LogP contribution in [0, 0.1) is 6.54 Å². The van der Waals surface area contributed by atoms with Gasteiger partial charge in [0.15, 0.2) is 0 Å². The summed E-state index contributed by atoms with van der Waals surface area (Å²) in [5.41, 5.74) is 0. The van der Waals surface area contributed by atoms with Crippen molar-refractivity contribution in [2.75, 3.05) is 13.1 Å². The maximum absolute atomic E-state index is 2.25. The third-order valence-electron chi connectivity index (χ3n) is 1.18. The van der Waals surface area contributed by atoms with Gasteiger partial charge in [0.2, 0.25) is 0 Å². The van der Waals surface area contributed by atoms with Gasteiger partial charge in [-0.2, -0.15) is 6.92 Å². The summed E-state index contributed by atoms with van der Waals surface area (Å²) < 4.78 is 0. The Hall–Kier alpha value is 0.557. The van der Waals surface area contributed by atoms with Crippen molar-refractivity contribution in [1.29, 1.82) is 0 Å². The van der Waals surface area contributed by atoms with Crippen molar-refractivity contribution in [3.63, 3.8) is 0 Å². The van der Waals surface area contributed by atoms with Gasteiger partial charge in [-0.25, -0.2) is 0 Å². The molecule has 0 bridgehead atoms. The summed E-state index contributed by atoms with van der Waals surface area (Å²) in [6.07, 6.45) is 0. The zero-order valence-electron chi connectivity index (χ0n) is 6.44. The first-order valence-corrected chi connectivity index (χ1v) is 2.88. The van der Waals surface area contributed by atoms with E-state index in [4.69, 9.17) is 0 Å². The van der Waals surface area contributed by atoms with Crippen LogP contribution in [0.4, 0.5) is 0 Å². The van der Waals surface area contributed by atoms with Gasteiger partial charge in [-0.05, 0) is 13.1 Å². The van der Waals surface area contributed by atoms with E-state index in [-0.39, 0.29) is 18.9 Å². The topological polar surface area (TPSA) is 3.24 Å². The Morgan fingerprint density at radius 1 is 1.25 bits per heavy atom. The van der Waals surface area contributed by atoms with Gasteiger partial charge in [0.05, 0.1) is 0 Å². The zero-order chi connectivity index (χ0) is 5.70. The van der Waals surface area contributed by atoms with E-state index >= 15 is 0 Å². The molecule has 8 heavy (non-hydrogen) atoms. The van der Waals surface area contributed by atoms with E-state index in [1.165, 1.54) is 0 Å². The fourth-order valence-corrected chi connectivity index (χ4v) is 0.589. The molecule has 0 aliphatic heterocycles. The van der Waals surface area contributed by atoms with Crippen LogP contribution in [0.25, 0.3) is 0 Å². The van der Waals surface area contributed by atoms with Crippen LogP contribution >= 0.6 is 0 Å². The van der Waals surface area contributed by atoms with Crippen molar-refractivity contribution in [3.05, 3.63) is 6.54 Å². The SMILES string of the molecule is C[CH-]N(CC)CC.[Li+]. The average Bonchev–Trinajstić information content (AvgIpc) is 1.72. The fourth-order valence-electron chi connectivity index (χ4n) is 0.589. The predicted molar refractivity (Wildman–Crippen MR) is 32.9 cm³/mol. The Balaban J connectivity index is 0. The second kappa shape index (κ2) is 7.56. The van der Waals surface area contributed by atoms with E-state index in [1.54, 1.807) is 0 Å². The molecule has 0 rings (SSSR count). The van der Waals surface area contributed by atoms with Crippen molar-refractivity contribution in [1.82, 2.24) is 4.90 Å². The minimum atomic E-state index is 0. The largest absolute Gasteiger partial charge is 1.00 e. The van der Waals surface area contributed by atoms with Crippen LogP contribution in [-0.4, -0.2) is 18.0 Å². The maximum Gasteiger partial charge on any atom is 1.00 e. The number of rotatable bonds is 3. The Morgan fingerprint density at radius 2 is 1.62 bits per heavy atom. The van der Waals surface area contributed by atoms with Gasteiger partial charge >= 0.3 is 18.9 Å². The van der Waals surface area contributed by atoms with E-state index in [0.29, 0.717) is 0 Å². The molecule has 0 spiro atoms. The third kappa shape index (κ3) is 4.71. The van der Waals surface area contributed by atoms with Crippen LogP contribution in [0.2, 0.25) is 0 Å². The molecule has 0 saturated carbocycles. The van der Waals surface area contributed by atoms with E-state index in [9.17, 15) is 0 Å². The van der Waals surface area contributed by atoms with Crippen molar-refractivity contribution >= 4 is 0 Å². The predicted octanol–water partition coefficient (Wildman–Crippen LogP) is -1.49. The minimum Gasteiger partial charge on any atom is -0.457 e. The summed E-state index contributed by atoms with van der Waals surface area (Å²) >= 11 is 0. The molecular weight excluding hydrogens is 93.0 g/mol. The smallest absolute Gasteiger partial charge is 0.457 e. The molecule has 0 aromatic carbocycles. The molecule has 0 aromatic rings. The Labute approximate surface area is 64.6 Å². The molecule has 0 radical (unpaired) electrons.